The maximum absolute atomic E-state index is 13.8. The van der Waals surface area contributed by atoms with E-state index in [2.05, 4.69) is 109 Å². The standard InChI is InChI=1S/C42H22F6.C40H24Cl2/c43-41(44,45)26-19-15-24(16-20-26)35-37-30-11-3-1-9-28(30)29-10-2-4-12-31(29)38(37)36(25-17-21-27(22-18-25)42(46,47)48)40-33-14-6-8-23-7-5-13-32(34(23)33)39(35)40;41-27-19-15-25(16-20-27)40(26-17-21-28(42)22-18-26)38-33-12-4-3-10-30(33)29-9-1-2-11-31(29)35(38)23-36-32-13-5-7-24-8-6-14-34(37(24)32)39(36)40/h1-22H;1-22H,23H2. The summed E-state index contributed by atoms with van der Waals surface area (Å²) in [6, 6.07) is 86.9. The summed E-state index contributed by atoms with van der Waals surface area (Å²) in [5.41, 5.74) is 14.9. The molecule has 0 aliphatic heterocycles. The van der Waals surface area contributed by atoms with E-state index in [9.17, 15) is 26.3 Å². The fraction of sp³-hybridized carbons (Fsp3) is 0.0488. The molecule has 0 atom stereocenters. The van der Waals surface area contributed by atoms with E-state index in [1.807, 2.05) is 109 Å². The van der Waals surface area contributed by atoms with E-state index in [0.29, 0.717) is 11.1 Å². The summed E-state index contributed by atoms with van der Waals surface area (Å²) in [4.78, 5) is 0. The second kappa shape index (κ2) is 20.0. The highest BCUT2D eigenvalue weighted by molar-refractivity contribution is 6.38. The van der Waals surface area contributed by atoms with Crippen LogP contribution in [0.1, 0.15) is 44.5 Å². The Labute approximate surface area is 523 Å². The molecule has 0 fully saturated rings. The number of allylic oxidation sites excluding steroid dienone is 2. The van der Waals surface area contributed by atoms with Gasteiger partial charge in [0.15, 0.2) is 0 Å². The van der Waals surface area contributed by atoms with Crippen LogP contribution in [0.15, 0.2) is 267 Å². The fourth-order valence-corrected chi connectivity index (χ4v) is 15.9. The summed E-state index contributed by atoms with van der Waals surface area (Å²) >= 11 is 13.1. The number of benzene rings is 15. The second-order valence-electron chi connectivity index (χ2n) is 23.6. The van der Waals surface area contributed by atoms with Gasteiger partial charge in [-0.25, -0.2) is 0 Å². The lowest BCUT2D eigenvalue weighted by molar-refractivity contribution is -0.138. The monoisotopic (exact) mass is 1210 g/mol. The highest BCUT2D eigenvalue weighted by Crippen LogP contribution is 2.64. The van der Waals surface area contributed by atoms with E-state index < -0.39 is 28.9 Å². The predicted octanol–water partition coefficient (Wildman–Crippen LogP) is 24.6. The summed E-state index contributed by atoms with van der Waals surface area (Å²) in [6.07, 6.45) is -8.13. The first-order chi connectivity index (χ1) is 43.8. The molecule has 0 nitrogen and oxygen atoms in total. The summed E-state index contributed by atoms with van der Waals surface area (Å²) in [5.74, 6) is 0. The normalized spacial score (nSPS) is 13.8. The second-order valence-corrected chi connectivity index (χ2v) is 24.5. The maximum Gasteiger partial charge on any atom is 0.416 e. The fourth-order valence-electron chi connectivity index (χ4n) is 15.7. The van der Waals surface area contributed by atoms with E-state index in [4.69, 9.17) is 23.2 Å². The van der Waals surface area contributed by atoms with Crippen molar-refractivity contribution < 1.29 is 26.3 Å². The molecule has 0 spiro atoms. The van der Waals surface area contributed by atoms with Gasteiger partial charge in [-0.2, -0.15) is 26.3 Å². The van der Waals surface area contributed by atoms with Gasteiger partial charge in [-0.1, -0.05) is 242 Å². The van der Waals surface area contributed by atoms with Crippen molar-refractivity contribution in [2.75, 3.05) is 0 Å². The first kappa shape index (κ1) is 54.2. The molecule has 0 bridgehead atoms. The molecule has 0 unspecified atom stereocenters. The van der Waals surface area contributed by atoms with Crippen LogP contribution in [0, 0.1) is 0 Å². The summed E-state index contributed by atoms with van der Waals surface area (Å²) < 4.78 is 82.7. The van der Waals surface area contributed by atoms with Crippen LogP contribution in [-0.2, 0) is 24.2 Å². The van der Waals surface area contributed by atoms with Gasteiger partial charge in [0.25, 0.3) is 0 Å². The first-order valence-electron chi connectivity index (χ1n) is 29.8. The van der Waals surface area contributed by atoms with Crippen molar-refractivity contribution in [3.05, 3.63) is 321 Å². The van der Waals surface area contributed by atoms with Gasteiger partial charge in [-0.3, -0.25) is 0 Å². The summed E-state index contributed by atoms with van der Waals surface area (Å²) in [6.45, 7) is 0. The van der Waals surface area contributed by atoms with E-state index >= 15 is 0 Å². The predicted molar refractivity (Wildman–Crippen MR) is 360 cm³/mol. The molecule has 430 valence electrons. The Kier molecular flexibility index (Phi) is 12.1. The van der Waals surface area contributed by atoms with Crippen molar-refractivity contribution in [1.82, 2.24) is 0 Å². The molecule has 0 heterocycles. The number of alkyl halides is 6. The SMILES string of the molecule is Clc1ccc(C2(c3ccc(Cl)cc3)C3=C(Cc4c2c2ccccc2c2ccccc42)c2cccc4cccc3c24)cc1.FC(F)(F)c1ccc(-c2c3c(c(-c4ccc(C(F)(F)F)cc4)c4c5ccccc5c5ccccc5c24)-c2cccc4cccc-3c24)cc1. The molecular weight excluding hydrogens is 1170 g/mol. The Balaban J connectivity index is 0.000000140. The van der Waals surface area contributed by atoms with Crippen LogP contribution < -0.4 is 0 Å². The number of hydrogen-bond acceptors (Lipinski definition) is 0. The third-order valence-electron chi connectivity index (χ3n) is 19.1. The highest BCUT2D eigenvalue weighted by atomic mass is 35.5. The molecule has 0 radical (unpaired) electrons. The van der Waals surface area contributed by atoms with E-state index in [1.165, 1.54) is 101 Å². The molecule has 8 heteroatoms. The lowest BCUT2D eigenvalue weighted by Gasteiger charge is -2.44. The van der Waals surface area contributed by atoms with Crippen LogP contribution in [0.2, 0.25) is 10.0 Å². The molecule has 15 aromatic rings. The van der Waals surface area contributed by atoms with Gasteiger partial charge in [0.1, 0.15) is 0 Å². The summed E-state index contributed by atoms with van der Waals surface area (Å²) in [7, 11) is 0. The van der Waals surface area contributed by atoms with Crippen LogP contribution in [0.5, 0.6) is 0 Å². The molecular formula is C82H46Cl2F6. The van der Waals surface area contributed by atoms with Crippen molar-refractivity contribution in [3.8, 4) is 44.5 Å². The van der Waals surface area contributed by atoms with Crippen LogP contribution in [0.3, 0.4) is 0 Å². The smallest absolute Gasteiger partial charge is 0.166 e. The van der Waals surface area contributed by atoms with E-state index in [0.717, 1.165) is 117 Å². The molecule has 15 aromatic carbocycles. The summed E-state index contributed by atoms with van der Waals surface area (Å²) in [5, 5.41) is 16.7. The largest absolute Gasteiger partial charge is 0.416 e. The number of halogens is 8. The zero-order chi connectivity index (χ0) is 60.9. The molecule has 3 aliphatic rings. The van der Waals surface area contributed by atoms with Gasteiger partial charge in [0, 0.05) is 10.0 Å². The molecule has 3 aliphatic carbocycles. The number of fused-ring (bicyclic) bond motifs is 17. The molecule has 0 N–H and O–H groups in total. The molecule has 0 saturated heterocycles. The van der Waals surface area contributed by atoms with Crippen LogP contribution >= 0.6 is 23.2 Å². The minimum atomic E-state index is -4.50. The maximum atomic E-state index is 13.8. The highest BCUT2D eigenvalue weighted by Gasteiger charge is 2.50. The lowest BCUT2D eigenvalue weighted by atomic mass is 9.57. The number of hydrogen-bond donors (Lipinski definition) is 0. The average molecular weight is 1220 g/mol. The Morgan fingerprint density at radius 2 is 0.656 bits per heavy atom. The minimum absolute atomic E-state index is 0.602. The third-order valence-corrected chi connectivity index (χ3v) is 19.6. The molecule has 90 heavy (non-hydrogen) atoms. The average Bonchev–Trinajstić information content (AvgIpc) is 1.35. The van der Waals surface area contributed by atoms with Gasteiger partial charge in [-0.15, -0.1) is 0 Å². The minimum Gasteiger partial charge on any atom is -0.166 e. The Morgan fingerprint density at radius 1 is 0.300 bits per heavy atom. The Morgan fingerprint density at radius 3 is 1.09 bits per heavy atom. The molecule has 0 saturated carbocycles. The molecule has 0 amide bonds. The zero-order valence-electron chi connectivity index (χ0n) is 47.6. The van der Waals surface area contributed by atoms with Crippen LogP contribution in [0.4, 0.5) is 26.3 Å². The van der Waals surface area contributed by atoms with Crippen molar-refractivity contribution in [2.24, 2.45) is 0 Å². The third kappa shape index (κ3) is 7.90. The van der Waals surface area contributed by atoms with Crippen LogP contribution in [0.25, 0.3) is 131 Å². The van der Waals surface area contributed by atoms with Gasteiger partial charge < -0.3 is 0 Å². The van der Waals surface area contributed by atoms with Crippen molar-refractivity contribution in [1.29, 1.82) is 0 Å². The van der Waals surface area contributed by atoms with Gasteiger partial charge in [-0.05, 0) is 219 Å². The number of rotatable bonds is 4. The lowest BCUT2D eigenvalue weighted by Crippen LogP contribution is -2.35. The molecule has 0 aromatic heterocycles. The van der Waals surface area contributed by atoms with Crippen molar-refractivity contribution in [2.45, 2.75) is 24.2 Å². The van der Waals surface area contributed by atoms with Crippen LogP contribution in [-0.4, -0.2) is 0 Å². The molecule has 18 rings (SSSR count). The van der Waals surface area contributed by atoms with Crippen molar-refractivity contribution >= 4 is 110 Å². The van der Waals surface area contributed by atoms with Gasteiger partial charge in [0.2, 0.25) is 0 Å². The van der Waals surface area contributed by atoms with E-state index in [-0.39, 0.29) is 0 Å². The first-order valence-corrected chi connectivity index (χ1v) is 30.5. The zero-order valence-corrected chi connectivity index (χ0v) is 49.1. The Bertz CT molecular complexity index is 5360. The van der Waals surface area contributed by atoms with Crippen molar-refractivity contribution in [3.63, 3.8) is 0 Å². The topological polar surface area (TPSA) is 0 Å². The van der Waals surface area contributed by atoms with Gasteiger partial charge >= 0.3 is 12.4 Å². The van der Waals surface area contributed by atoms with Gasteiger partial charge in [0.05, 0.1) is 16.5 Å². The Hall–Kier alpha value is -9.98. The quantitative estimate of drug-likeness (QED) is 0.122. The van der Waals surface area contributed by atoms with E-state index in [1.54, 1.807) is 0 Å².